The summed E-state index contributed by atoms with van der Waals surface area (Å²) in [6, 6.07) is 13.0. The van der Waals surface area contributed by atoms with Gasteiger partial charge in [-0.25, -0.2) is 4.79 Å². The highest BCUT2D eigenvalue weighted by molar-refractivity contribution is 6.30. The summed E-state index contributed by atoms with van der Waals surface area (Å²) >= 11 is 5.86. The Balaban J connectivity index is 1.75. The number of hydrogen-bond donors (Lipinski definition) is 3. The van der Waals surface area contributed by atoms with Crippen LogP contribution < -0.4 is 15.4 Å². The van der Waals surface area contributed by atoms with Gasteiger partial charge >= 0.3 is 6.03 Å². The molecular formula is C21H24ClN3O4. The van der Waals surface area contributed by atoms with Crippen LogP contribution in [-0.4, -0.2) is 54.3 Å². The summed E-state index contributed by atoms with van der Waals surface area (Å²) in [5.74, 6) is 0.294. The number of carbonyl (C=O) groups excluding carboxylic acids is 2. The molecule has 1 aliphatic heterocycles. The van der Waals surface area contributed by atoms with Crippen molar-refractivity contribution in [1.82, 2.24) is 10.2 Å². The van der Waals surface area contributed by atoms with Gasteiger partial charge in [0.2, 0.25) is 5.91 Å². The Morgan fingerprint density at radius 1 is 1.21 bits per heavy atom. The van der Waals surface area contributed by atoms with E-state index >= 15 is 0 Å². The van der Waals surface area contributed by atoms with Crippen LogP contribution in [0, 0.1) is 0 Å². The lowest BCUT2D eigenvalue weighted by Gasteiger charge is -2.19. The average Bonchev–Trinajstić information content (AvgIpc) is 3.01. The number of ether oxygens (including phenoxy) is 1. The lowest BCUT2D eigenvalue weighted by Crippen LogP contribution is -2.45. The van der Waals surface area contributed by atoms with E-state index in [0.29, 0.717) is 23.9 Å². The second kappa shape index (κ2) is 9.62. The van der Waals surface area contributed by atoms with E-state index in [2.05, 4.69) is 10.6 Å². The number of β-amino-alcohol motifs (C(OH)–C–C–N with tert-alkyl or cyclic N) is 1. The van der Waals surface area contributed by atoms with Crippen molar-refractivity contribution in [2.75, 3.05) is 31.6 Å². The molecule has 1 fully saturated rings. The van der Waals surface area contributed by atoms with E-state index in [-0.39, 0.29) is 25.0 Å². The van der Waals surface area contributed by atoms with Crippen LogP contribution in [0.2, 0.25) is 5.02 Å². The maximum atomic E-state index is 12.8. The third kappa shape index (κ3) is 5.19. The number of amides is 3. The number of rotatable bonds is 7. The third-order valence-electron chi connectivity index (χ3n) is 4.78. The number of hydrogen-bond acceptors (Lipinski definition) is 4. The van der Waals surface area contributed by atoms with Gasteiger partial charge in [-0.2, -0.15) is 0 Å². The number of urea groups is 1. The molecule has 3 amide bonds. The molecule has 8 heteroatoms. The van der Waals surface area contributed by atoms with Gasteiger partial charge in [-0.05, 0) is 48.9 Å². The SMILES string of the molecule is CCOc1ccc(C2CN(CCO)C(=O)C2NC(=O)Nc2ccc(Cl)cc2)cc1. The Labute approximate surface area is 174 Å². The minimum absolute atomic E-state index is 0.134. The summed E-state index contributed by atoms with van der Waals surface area (Å²) in [5.41, 5.74) is 1.49. The Hall–Kier alpha value is -2.77. The number of nitrogens with one attached hydrogen (secondary N) is 2. The fourth-order valence-electron chi connectivity index (χ4n) is 3.40. The van der Waals surface area contributed by atoms with Crippen molar-refractivity contribution < 1.29 is 19.4 Å². The summed E-state index contributed by atoms with van der Waals surface area (Å²) in [7, 11) is 0. The molecule has 7 nitrogen and oxygen atoms in total. The molecule has 2 aromatic carbocycles. The van der Waals surface area contributed by atoms with Crippen LogP contribution in [0.1, 0.15) is 18.4 Å². The molecule has 0 aromatic heterocycles. The number of aliphatic hydroxyl groups excluding tert-OH is 1. The first-order valence-electron chi connectivity index (χ1n) is 9.47. The monoisotopic (exact) mass is 417 g/mol. The van der Waals surface area contributed by atoms with Crippen LogP contribution in [0.25, 0.3) is 0 Å². The molecule has 0 bridgehead atoms. The molecule has 2 unspecified atom stereocenters. The van der Waals surface area contributed by atoms with Gasteiger partial charge in [0.1, 0.15) is 11.8 Å². The van der Waals surface area contributed by atoms with E-state index in [0.717, 1.165) is 11.3 Å². The van der Waals surface area contributed by atoms with Crippen LogP contribution >= 0.6 is 11.6 Å². The maximum Gasteiger partial charge on any atom is 0.319 e. The Morgan fingerprint density at radius 2 is 1.90 bits per heavy atom. The third-order valence-corrected chi connectivity index (χ3v) is 5.03. The highest BCUT2D eigenvalue weighted by Gasteiger charge is 2.41. The van der Waals surface area contributed by atoms with Crippen molar-refractivity contribution in [3.63, 3.8) is 0 Å². The zero-order valence-electron chi connectivity index (χ0n) is 16.1. The first-order valence-corrected chi connectivity index (χ1v) is 9.85. The molecule has 3 rings (SSSR count). The fourth-order valence-corrected chi connectivity index (χ4v) is 3.53. The standard InChI is InChI=1S/C21H24ClN3O4/c1-2-29-17-9-3-14(4-10-17)18-13-25(11-12-26)20(27)19(18)24-21(28)23-16-7-5-15(22)6-8-16/h3-10,18-19,26H,2,11-13H2,1H3,(H2,23,24,28). The number of likely N-dealkylation sites (tertiary alicyclic amines) is 1. The van der Waals surface area contributed by atoms with E-state index < -0.39 is 12.1 Å². The number of carbonyl (C=O) groups is 2. The van der Waals surface area contributed by atoms with Gasteiger partial charge < -0.3 is 25.4 Å². The van der Waals surface area contributed by atoms with E-state index in [1.807, 2.05) is 31.2 Å². The Morgan fingerprint density at radius 3 is 2.52 bits per heavy atom. The predicted octanol–water partition coefficient (Wildman–Crippen LogP) is 2.85. The van der Waals surface area contributed by atoms with Crippen molar-refractivity contribution in [1.29, 1.82) is 0 Å². The summed E-state index contributed by atoms with van der Waals surface area (Å²) in [4.78, 5) is 26.9. The van der Waals surface area contributed by atoms with Gasteiger partial charge in [-0.15, -0.1) is 0 Å². The molecule has 1 heterocycles. The average molecular weight is 418 g/mol. The van der Waals surface area contributed by atoms with Crippen molar-refractivity contribution in [2.45, 2.75) is 18.9 Å². The molecule has 29 heavy (non-hydrogen) atoms. The summed E-state index contributed by atoms with van der Waals surface area (Å²) in [6.45, 7) is 2.99. The zero-order valence-corrected chi connectivity index (χ0v) is 16.9. The van der Waals surface area contributed by atoms with Gasteiger partial charge in [-0.3, -0.25) is 4.79 Å². The van der Waals surface area contributed by atoms with Gasteiger partial charge in [-0.1, -0.05) is 23.7 Å². The lowest BCUT2D eigenvalue weighted by molar-refractivity contribution is -0.129. The molecule has 1 aliphatic rings. The zero-order chi connectivity index (χ0) is 20.8. The molecule has 154 valence electrons. The van der Waals surface area contributed by atoms with Gasteiger partial charge in [0.25, 0.3) is 0 Å². The summed E-state index contributed by atoms with van der Waals surface area (Å²) in [5, 5.41) is 15.3. The Kier molecular flexibility index (Phi) is 6.95. The normalized spacial score (nSPS) is 18.6. The highest BCUT2D eigenvalue weighted by atomic mass is 35.5. The predicted molar refractivity (Wildman–Crippen MR) is 111 cm³/mol. The van der Waals surface area contributed by atoms with E-state index in [1.165, 1.54) is 0 Å². The minimum atomic E-state index is -0.730. The van der Waals surface area contributed by atoms with Crippen LogP contribution in [0.4, 0.5) is 10.5 Å². The maximum absolute atomic E-state index is 12.8. The van der Waals surface area contributed by atoms with Crippen molar-refractivity contribution in [3.8, 4) is 5.75 Å². The van der Waals surface area contributed by atoms with Crippen LogP contribution in [0.15, 0.2) is 48.5 Å². The smallest absolute Gasteiger partial charge is 0.319 e. The van der Waals surface area contributed by atoms with Crippen LogP contribution in [-0.2, 0) is 4.79 Å². The first kappa shape index (κ1) is 21.0. The van der Waals surface area contributed by atoms with E-state index in [4.69, 9.17) is 16.3 Å². The number of benzene rings is 2. The quantitative estimate of drug-likeness (QED) is 0.646. The molecule has 0 aliphatic carbocycles. The van der Waals surface area contributed by atoms with E-state index in [1.54, 1.807) is 29.2 Å². The van der Waals surface area contributed by atoms with Crippen LogP contribution in [0.5, 0.6) is 5.75 Å². The second-order valence-electron chi connectivity index (χ2n) is 6.70. The fraction of sp³-hybridized carbons (Fsp3) is 0.333. The van der Waals surface area contributed by atoms with Crippen molar-refractivity contribution >= 4 is 29.2 Å². The first-order chi connectivity index (χ1) is 14.0. The van der Waals surface area contributed by atoms with Crippen molar-refractivity contribution in [2.24, 2.45) is 0 Å². The van der Waals surface area contributed by atoms with Gasteiger partial charge in [0.15, 0.2) is 0 Å². The number of nitrogens with zero attached hydrogens (tertiary/aromatic N) is 1. The minimum Gasteiger partial charge on any atom is -0.494 e. The van der Waals surface area contributed by atoms with Gasteiger partial charge in [0.05, 0.1) is 13.2 Å². The number of aliphatic hydroxyl groups is 1. The largest absolute Gasteiger partial charge is 0.494 e. The molecule has 0 radical (unpaired) electrons. The van der Waals surface area contributed by atoms with Crippen LogP contribution in [0.3, 0.4) is 0 Å². The second-order valence-corrected chi connectivity index (χ2v) is 7.14. The Bertz CT molecular complexity index is 842. The molecule has 2 atom stereocenters. The van der Waals surface area contributed by atoms with Gasteiger partial charge in [0, 0.05) is 29.7 Å². The highest BCUT2D eigenvalue weighted by Crippen LogP contribution is 2.30. The van der Waals surface area contributed by atoms with E-state index in [9.17, 15) is 14.7 Å². The summed E-state index contributed by atoms with van der Waals surface area (Å²) in [6.07, 6.45) is 0. The molecule has 0 saturated carbocycles. The topological polar surface area (TPSA) is 90.9 Å². The molecule has 1 saturated heterocycles. The molecule has 2 aromatic rings. The summed E-state index contributed by atoms with van der Waals surface area (Å²) < 4.78 is 5.47. The molecule has 0 spiro atoms. The number of halogens is 1. The number of anilines is 1. The van der Waals surface area contributed by atoms with Crippen molar-refractivity contribution in [3.05, 3.63) is 59.1 Å². The molecule has 3 N–H and O–H groups in total. The lowest BCUT2D eigenvalue weighted by atomic mass is 9.94. The molecular weight excluding hydrogens is 394 g/mol.